The van der Waals surface area contributed by atoms with Crippen molar-refractivity contribution in [1.29, 1.82) is 0 Å². The summed E-state index contributed by atoms with van der Waals surface area (Å²) >= 11 is 0. The molecule has 8 heteroatoms. The second-order valence-corrected chi connectivity index (χ2v) is 5.43. The minimum absolute atomic E-state index is 0. The Morgan fingerprint density at radius 3 is 2.43 bits per heavy atom. The number of aromatic nitrogens is 1. The van der Waals surface area contributed by atoms with Crippen LogP contribution < -0.4 is 57.8 Å². The molecule has 132 valence electrons. The number of likely N-dealkylation sites (N-methyl/N-ethyl adjacent to an activating group) is 1. The third kappa shape index (κ3) is 7.75. The number of carbonyl (C=O) groups is 1. The first-order valence-corrected chi connectivity index (χ1v) is 7.24. The maximum Gasteiger partial charge on any atom is 0.257 e. The number of carbonyl (C=O) groups excluding carboxylic acids is 1. The summed E-state index contributed by atoms with van der Waals surface area (Å²) in [6.07, 6.45) is 3.05. The Kier molecular flexibility index (Phi) is 12.9. The third-order valence-corrected chi connectivity index (χ3v) is 4.09. The molecule has 1 aromatic rings. The van der Waals surface area contributed by atoms with Gasteiger partial charge >= 0.3 is 0 Å². The lowest BCUT2D eigenvalue weighted by Crippen LogP contribution is -3.00. The molecule has 0 atom stereocenters. The zero-order valence-electron chi connectivity index (χ0n) is 14.1. The van der Waals surface area contributed by atoms with E-state index in [1.807, 2.05) is 0 Å². The first-order valence-electron chi connectivity index (χ1n) is 7.24. The highest BCUT2D eigenvalue weighted by molar-refractivity contribution is 5.93. The number of pyridine rings is 1. The number of nitrogens with zero attached hydrogens (tertiary/aromatic N) is 3. The number of rotatable bonds is 7. The summed E-state index contributed by atoms with van der Waals surface area (Å²) in [7, 11) is 3.99. The van der Waals surface area contributed by atoms with Gasteiger partial charge in [-0.15, -0.1) is 0 Å². The van der Waals surface area contributed by atoms with Crippen LogP contribution >= 0.6 is 0 Å². The molecule has 1 amide bonds. The molecule has 0 saturated carbocycles. The van der Waals surface area contributed by atoms with Crippen molar-refractivity contribution < 1.29 is 67.0 Å². The van der Waals surface area contributed by atoms with Crippen LogP contribution in [-0.4, -0.2) is 55.0 Å². The zero-order chi connectivity index (χ0) is 15.9. The maximum atomic E-state index is 12.1. The Hall–Kier alpha value is -0.490. The molecule has 6 nitrogen and oxygen atoms in total. The number of amides is 1. The number of oxime groups is 1. The summed E-state index contributed by atoms with van der Waals surface area (Å²) in [5, 5.41) is 14.5. The van der Waals surface area contributed by atoms with Crippen LogP contribution in [0.2, 0.25) is 0 Å². The van der Waals surface area contributed by atoms with Crippen LogP contribution in [0.4, 0.5) is 0 Å². The topological polar surface area (TPSA) is 65.6 Å². The van der Waals surface area contributed by atoms with Gasteiger partial charge in [0.25, 0.3) is 5.91 Å². The summed E-state index contributed by atoms with van der Waals surface area (Å²) < 4.78 is 2.69. The van der Waals surface area contributed by atoms with E-state index in [4.69, 9.17) is 5.21 Å². The van der Waals surface area contributed by atoms with Gasteiger partial charge < -0.3 is 63.0 Å². The minimum Gasteiger partial charge on any atom is -1.00 e. The summed E-state index contributed by atoms with van der Waals surface area (Å²) in [6.45, 7) is 7.99. The summed E-state index contributed by atoms with van der Waals surface area (Å²) in [6, 6.07) is 3.47. The van der Waals surface area contributed by atoms with E-state index in [-0.39, 0.29) is 53.9 Å². The third-order valence-electron chi connectivity index (χ3n) is 4.09. The Labute approximate surface area is 172 Å². The van der Waals surface area contributed by atoms with Crippen LogP contribution in [0.3, 0.4) is 0 Å². The van der Waals surface area contributed by atoms with Crippen LogP contribution in [0.1, 0.15) is 29.9 Å². The van der Waals surface area contributed by atoms with Crippen LogP contribution in [0, 0.1) is 0 Å². The van der Waals surface area contributed by atoms with E-state index >= 15 is 0 Å². The van der Waals surface area contributed by atoms with E-state index in [2.05, 4.69) is 31.4 Å². The van der Waals surface area contributed by atoms with Crippen molar-refractivity contribution in [2.75, 3.05) is 33.2 Å². The van der Waals surface area contributed by atoms with Crippen molar-refractivity contribution in [3.63, 3.8) is 0 Å². The van der Waals surface area contributed by atoms with Crippen molar-refractivity contribution in [3.8, 4) is 0 Å². The molecule has 0 saturated heterocycles. The standard InChI is InChI=1S/C15H24N4O2.2HI/c1-5-19(4,6-2)10-9-16-15(20)13-7-8-14(11-17-21)18(3)12-13;;/h7-8,11-12H,5-6,9-10H2,1-4H3;2*1H. The number of aryl methyl sites for hydroxylation is 1. The SMILES string of the molecule is CC[N+](C)(CC)CCNC(=O)c1ccc(/C=N/O)[n+](C)c1.[I-].[I-]. The summed E-state index contributed by atoms with van der Waals surface area (Å²) in [4.78, 5) is 12.1. The second-order valence-electron chi connectivity index (χ2n) is 5.43. The van der Waals surface area contributed by atoms with Gasteiger partial charge in [0.05, 0.1) is 33.2 Å². The molecule has 0 spiro atoms. The fourth-order valence-electron chi connectivity index (χ4n) is 2.03. The van der Waals surface area contributed by atoms with Crippen LogP contribution in [0.5, 0.6) is 0 Å². The van der Waals surface area contributed by atoms with Gasteiger partial charge in [0.1, 0.15) is 18.8 Å². The van der Waals surface area contributed by atoms with Crippen molar-refractivity contribution in [2.24, 2.45) is 12.2 Å². The van der Waals surface area contributed by atoms with E-state index in [9.17, 15) is 4.79 Å². The second kappa shape index (κ2) is 12.0. The number of hydrogen-bond acceptors (Lipinski definition) is 3. The minimum atomic E-state index is -0.0863. The Balaban J connectivity index is 0. The zero-order valence-corrected chi connectivity index (χ0v) is 18.4. The highest BCUT2D eigenvalue weighted by Gasteiger charge is 2.17. The number of nitrogens with one attached hydrogen (secondary N) is 1. The predicted molar refractivity (Wildman–Crippen MR) is 81.5 cm³/mol. The molecule has 0 aliphatic rings. The molecular weight excluding hydrogens is 522 g/mol. The van der Waals surface area contributed by atoms with Gasteiger partial charge in [0, 0.05) is 6.07 Å². The van der Waals surface area contributed by atoms with Crippen LogP contribution in [0.25, 0.3) is 0 Å². The van der Waals surface area contributed by atoms with Crippen LogP contribution in [-0.2, 0) is 7.05 Å². The van der Waals surface area contributed by atoms with Crippen molar-refractivity contribution in [2.45, 2.75) is 13.8 Å². The monoisotopic (exact) mass is 548 g/mol. The summed E-state index contributed by atoms with van der Waals surface area (Å²) in [5.74, 6) is -0.0863. The lowest BCUT2D eigenvalue weighted by Gasteiger charge is -2.32. The van der Waals surface area contributed by atoms with Crippen molar-refractivity contribution in [3.05, 3.63) is 29.6 Å². The van der Waals surface area contributed by atoms with Gasteiger partial charge in [-0.2, -0.15) is 4.57 Å². The smallest absolute Gasteiger partial charge is 0.257 e. The van der Waals surface area contributed by atoms with Gasteiger partial charge in [0.15, 0.2) is 6.20 Å². The molecule has 1 heterocycles. The number of quaternary nitrogens is 1. The van der Waals surface area contributed by atoms with Gasteiger partial charge in [0.2, 0.25) is 5.69 Å². The van der Waals surface area contributed by atoms with Gasteiger partial charge in [-0.25, -0.2) is 0 Å². The molecule has 0 aliphatic carbocycles. The molecule has 0 radical (unpaired) electrons. The molecule has 0 aromatic carbocycles. The van der Waals surface area contributed by atoms with E-state index in [1.165, 1.54) is 6.21 Å². The van der Waals surface area contributed by atoms with E-state index in [0.29, 0.717) is 12.1 Å². The van der Waals surface area contributed by atoms with E-state index in [0.717, 1.165) is 29.8 Å². The number of halogens is 2. The van der Waals surface area contributed by atoms with Crippen molar-refractivity contribution >= 4 is 12.1 Å². The molecule has 23 heavy (non-hydrogen) atoms. The Bertz CT molecular complexity index is 520. The molecule has 1 aromatic heterocycles. The molecule has 2 N–H and O–H groups in total. The van der Waals surface area contributed by atoms with Gasteiger partial charge in [-0.1, -0.05) is 5.16 Å². The average molecular weight is 548 g/mol. The average Bonchev–Trinajstić information content (AvgIpc) is 2.49. The Morgan fingerprint density at radius 1 is 1.35 bits per heavy atom. The lowest BCUT2D eigenvalue weighted by molar-refractivity contribution is -0.904. The first kappa shape index (κ1) is 24.8. The normalized spacial score (nSPS) is 10.8. The fraction of sp³-hybridized carbons (Fsp3) is 0.533. The first-order chi connectivity index (χ1) is 9.95. The van der Waals surface area contributed by atoms with E-state index in [1.54, 1.807) is 29.9 Å². The number of hydrogen-bond donors (Lipinski definition) is 2. The molecular formula is C15H26I2N4O2. The van der Waals surface area contributed by atoms with Crippen molar-refractivity contribution in [1.82, 2.24) is 5.32 Å². The highest BCUT2D eigenvalue weighted by atomic mass is 127. The van der Waals surface area contributed by atoms with Gasteiger partial charge in [-0.3, -0.25) is 4.79 Å². The fourth-order valence-corrected chi connectivity index (χ4v) is 2.03. The van der Waals surface area contributed by atoms with E-state index < -0.39 is 0 Å². The molecule has 0 aliphatic heterocycles. The molecule has 0 bridgehead atoms. The largest absolute Gasteiger partial charge is 1.00 e. The Morgan fingerprint density at radius 2 is 1.96 bits per heavy atom. The highest BCUT2D eigenvalue weighted by Crippen LogP contribution is 2.00. The lowest BCUT2D eigenvalue weighted by atomic mass is 10.2. The predicted octanol–water partition coefficient (Wildman–Crippen LogP) is -5.46. The summed E-state index contributed by atoms with van der Waals surface area (Å²) in [5.41, 5.74) is 1.31. The van der Waals surface area contributed by atoms with Gasteiger partial charge in [-0.05, 0) is 19.9 Å². The van der Waals surface area contributed by atoms with Crippen LogP contribution in [0.15, 0.2) is 23.5 Å². The quantitative estimate of drug-likeness (QED) is 0.0894. The molecule has 0 unspecified atom stereocenters. The molecule has 0 fully saturated rings. The molecule has 1 rings (SSSR count). The maximum absolute atomic E-state index is 12.1.